The third-order valence-electron chi connectivity index (χ3n) is 4.49. The van der Waals surface area contributed by atoms with E-state index in [-0.39, 0.29) is 25.3 Å². The van der Waals surface area contributed by atoms with E-state index in [1.54, 1.807) is 18.2 Å². The zero-order valence-corrected chi connectivity index (χ0v) is 20.8. The first-order chi connectivity index (χ1) is 16.7. The summed E-state index contributed by atoms with van der Waals surface area (Å²) < 4.78 is 32.2. The maximum Gasteiger partial charge on any atom is 0.333 e. The number of carbonyl (C=O) groups excluding carboxylic acids is 1. The van der Waals surface area contributed by atoms with Crippen LogP contribution in [0.3, 0.4) is 0 Å². The topological polar surface area (TPSA) is 149 Å². The van der Waals surface area contributed by atoms with E-state index in [1.165, 1.54) is 43.5 Å². The monoisotopic (exact) mass is 554 g/mol. The molecule has 0 aliphatic carbocycles. The molecule has 2 amide bonds. The Morgan fingerprint density at radius 1 is 1.11 bits per heavy atom. The fourth-order valence-electron chi connectivity index (χ4n) is 3.02. The number of fused-ring (bicyclic) bond motifs is 1. The lowest BCUT2D eigenvalue weighted by Gasteiger charge is -2.10. The molecule has 0 spiro atoms. The van der Waals surface area contributed by atoms with Crippen LogP contribution in [0.5, 0.6) is 0 Å². The highest BCUT2D eigenvalue weighted by Gasteiger charge is 2.20. The van der Waals surface area contributed by atoms with Gasteiger partial charge in [-0.2, -0.15) is 4.33 Å². The Kier molecular flexibility index (Phi) is 7.30. The van der Waals surface area contributed by atoms with E-state index in [0.29, 0.717) is 10.4 Å². The minimum atomic E-state index is -4.09. The van der Waals surface area contributed by atoms with Crippen LogP contribution in [0.1, 0.15) is 0 Å². The highest BCUT2D eigenvalue weighted by Crippen LogP contribution is 2.25. The van der Waals surface area contributed by atoms with Crippen molar-refractivity contribution >= 4 is 67.6 Å². The lowest BCUT2D eigenvalue weighted by molar-refractivity contribution is -0.160. The van der Waals surface area contributed by atoms with Crippen molar-refractivity contribution in [3.63, 3.8) is 0 Å². The largest absolute Gasteiger partial charge is 0.333 e. The number of urea groups is 1. The van der Waals surface area contributed by atoms with Crippen molar-refractivity contribution in [3.05, 3.63) is 79.8 Å². The Bertz CT molecular complexity index is 1630. The maximum atomic E-state index is 13.0. The number of thiophene rings is 1. The van der Waals surface area contributed by atoms with E-state index in [9.17, 15) is 22.8 Å². The van der Waals surface area contributed by atoms with E-state index in [0.717, 1.165) is 27.9 Å². The van der Waals surface area contributed by atoms with Crippen molar-refractivity contribution in [2.75, 3.05) is 12.4 Å². The number of sulfonamides is 1. The van der Waals surface area contributed by atoms with Crippen LogP contribution >= 0.6 is 35.0 Å². The zero-order chi connectivity index (χ0) is 25.2. The summed E-state index contributed by atoms with van der Waals surface area (Å²) in [5.41, 5.74) is -0.415. The first-order valence-corrected chi connectivity index (χ1v) is 13.0. The molecule has 0 bridgehead atoms. The third kappa shape index (κ3) is 5.58. The summed E-state index contributed by atoms with van der Waals surface area (Å²) in [6.45, 7) is 0. The first kappa shape index (κ1) is 25.0. The fourth-order valence-corrected chi connectivity index (χ4v) is 5.84. The van der Waals surface area contributed by atoms with Crippen molar-refractivity contribution in [2.45, 2.75) is 9.10 Å². The van der Waals surface area contributed by atoms with E-state index in [4.69, 9.17) is 15.9 Å². The molecule has 0 radical (unpaired) electrons. The Morgan fingerprint density at radius 2 is 1.86 bits per heavy atom. The number of halogens is 1. The molecule has 0 fully saturated rings. The Balaban J connectivity index is 1.56. The number of H-pyrrole nitrogens is 1. The minimum absolute atomic E-state index is 0.113. The van der Waals surface area contributed by atoms with E-state index in [2.05, 4.69) is 15.2 Å². The second kappa shape index (κ2) is 10.2. The van der Waals surface area contributed by atoms with Gasteiger partial charge in [0.15, 0.2) is 0 Å². The molecule has 0 saturated heterocycles. The highest BCUT2D eigenvalue weighted by atomic mass is 35.5. The van der Waals surface area contributed by atoms with Crippen molar-refractivity contribution in [1.29, 1.82) is 0 Å². The molecule has 11 nitrogen and oxygen atoms in total. The van der Waals surface area contributed by atoms with Gasteiger partial charge in [0.2, 0.25) is 0 Å². The molecule has 0 aliphatic heterocycles. The number of rotatable bonds is 7. The molecular weight excluding hydrogens is 540 g/mol. The number of aromatic nitrogens is 2. The minimum Gasteiger partial charge on any atom is -0.307 e. The molecule has 2 aromatic heterocycles. The molecule has 2 aromatic carbocycles. The predicted molar refractivity (Wildman–Crippen MR) is 133 cm³/mol. The van der Waals surface area contributed by atoms with Crippen molar-refractivity contribution in [1.82, 2.24) is 14.3 Å². The van der Waals surface area contributed by atoms with Gasteiger partial charge in [-0.3, -0.25) is 4.79 Å². The summed E-state index contributed by atoms with van der Waals surface area (Å²) in [6, 6.07) is 12.2. The lowest BCUT2D eigenvalue weighted by Crippen LogP contribution is -2.34. The molecule has 0 atom stereocenters. The van der Waals surface area contributed by atoms with Crippen LogP contribution in [0.25, 0.3) is 16.6 Å². The Hall–Kier alpha value is -3.14. The predicted octanol–water partition coefficient (Wildman–Crippen LogP) is 3.49. The summed E-state index contributed by atoms with van der Waals surface area (Å²) in [6.07, 6.45) is 0. The van der Waals surface area contributed by atoms with Gasteiger partial charge in [0.25, 0.3) is 15.6 Å². The van der Waals surface area contributed by atoms with E-state index in [1.807, 2.05) is 4.72 Å². The smallest absolute Gasteiger partial charge is 0.307 e. The van der Waals surface area contributed by atoms with Gasteiger partial charge in [0.1, 0.15) is 4.21 Å². The fraction of sp³-hybridized carbons (Fsp3) is 0.0500. The summed E-state index contributed by atoms with van der Waals surface area (Å²) in [5, 5.41) is 2.62. The average molecular weight is 555 g/mol. The lowest BCUT2D eigenvalue weighted by atomic mass is 10.2. The number of aromatic amines is 1. The van der Waals surface area contributed by atoms with Crippen molar-refractivity contribution in [2.24, 2.45) is 0 Å². The SMILES string of the molecule is COOSc1ccc2[nH]c(=O)n(-c3ccc(NC(=O)NS(=O)(=O)c4ccc(Cl)s4)cc3)c(=O)c2c1. The number of amides is 2. The molecule has 0 saturated carbocycles. The van der Waals surface area contributed by atoms with Gasteiger partial charge in [-0.15, -0.1) is 11.3 Å². The summed E-state index contributed by atoms with van der Waals surface area (Å²) in [7, 11) is -2.74. The van der Waals surface area contributed by atoms with Crippen molar-refractivity contribution < 1.29 is 22.4 Å². The van der Waals surface area contributed by atoms with Crippen LogP contribution in [-0.2, 0) is 19.2 Å². The van der Waals surface area contributed by atoms with E-state index >= 15 is 0 Å². The van der Waals surface area contributed by atoms with Crippen LogP contribution in [-0.4, -0.2) is 31.1 Å². The third-order valence-corrected chi connectivity index (χ3v) is 8.20. The highest BCUT2D eigenvalue weighted by molar-refractivity contribution is 7.94. The second-order valence-electron chi connectivity index (χ2n) is 6.76. The van der Waals surface area contributed by atoms with Crippen LogP contribution in [0, 0.1) is 0 Å². The molecule has 2 heterocycles. The van der Waals surface area contributed by atoms with Crippen LogP contribution in [0.4, 0.5) is 10.5 Å². The van der Waals surface area contributed by atoms with Crippen LogP contribution < -0.4 is 21.3 Å². The van der Waals surface area contributed by atoms with E-state index < -0.39 is 27.3 Å². The van der Waals surface area contributed by atoms with Crippen LogP contribution in [0.2, 0.25) is 4.34 Å². The standard InChI is InChI=1S/C20H15ClN4O7S3/c1-31-32-34-13-6-7-15-14(10-13)18(26)25(20(28)23-15)12-4-2-11(3-5-12)22-19(27)24-35(29,30)17-9-8-16(21)33-17/h2-10H,1H3,(H,23,28)(H2,22,24,27). The van der Waals surface area contributed by atoms with Gasteiger partial charge in [0, 0.05) is 10.6 Å². The quantitative estimate of drug-likeness (QED) is 0.178. The average Bonchev–Trinajstić information content (AvgIpc) is 3.26. The molecule has 35 heavy (non-hydrogen) atoms. The Labute approximate surface area is 210 Å². The summed E-state index contributed by atoms with van der Waals surface area (Å²) in [5.74, 6) is 0. The maximum absolute atomic E-state index is 13.0. The number of hydrogen-bond acceptors (Lipinski definition) is 9. The summed E-state index contributed by atoms with van der Waals surface area (Å²) in [4.78, 5) is 45.5. The zero-order valence-electron chi connectivity index (χ0n) is 17.6. The second-order valence-corrected chi connectivity index (χ2v) is 11.2. The number of benzene rings is 2. The number of nitrogens with one attached hydrogen (secondary N) is 3. The van der Waals surface area contributed by atoms with Gasteiger partial charge in [-0.05, 0) is 54.6 Å². The number of hydrogen-bond donors (Lipinski definition) is 3. The Morgan fingerprint density at radius 3 is 2.51 bits per heavy atom. The number of anilines is 1. The molecule has 0 aliphatic rings. The molecule has 4 rings (SSSR count). The molecule has 3 N–H and O–H groups in total. The molecule has 182 valence electrons. The number of carbonyl (C=O) groups is 1. The molecule has 0 unspecified atom stereocenters. The van der Waals surface area contributed by atoms with Crippen LogP contribution in [0.15, 0.2) is 73.3 Å². The first-order valence-electron chi connectivity index (χ1n) is 9.54. The normalized spacial score (nSPS) is 11.5. The van der Waals surface area contributed by atoms with Gasteiger partial charge < -0.3 is 10.3 Å². The summed E-state index contributed by atoms with van der Waals surface area (Å²) >= 11 is 7.46. The van der Waals surface area contributed by atoms with Gasteiger partial charge in [-0.1, -0.05) is 11.6 Å². The van der Waals surface area contributed by atoms with Gasteiger partial charge in [-0.25, -0.2) is 32.2 Å². The van der Waals surface area contributed by atoms with Gasteiger partial charge in [0.05, 0.1) is 40.1 Å². The van der Waals surface area contributed by atoms with Gasteiger partial charge >= 0.3 is 11.7 Å². The molecular formula is C20H15ClN4O7S3. The van der Waals surface area contributed by atoms with Crippen molar-refractivity contribution in [3.8, 4) is 5.69 Å². The number of nitrogens with zero attached hydrogens (tertiary/aromatic N) is 1. The molecule has 15 heteroatoms. The molecule has 4 aromatic rings.